The van der Waals surface area contributed by atoms with Crippen LogP contribution in [0.5, 0.6) is 0 Å². The molecule has 1 aliphatic rings. The molecule has 0 unspecified atom stereocenters. The first kappa shape index (κ1) is 19.5. The molecule has 4 heteroatoms. The van der Waals surface area contributed by atoms with E-state index >= 15 is 0 Å². The molecule has 1 aliphatic heterocycles. The first-order valence-corrected chi connectivity index (χ1v) is 8.95. The zero-order chi connectivity index (χ0) is 16.2. The van der Waals surface area contributed by atoms with Crippen LogP contribution < -0.4 is 5.32 Å². The van der Waals surface area contributed by atoms with Gasteiger partial charge in [0.2, 0.25) is 0 Å². The van der Waals surface area contributed by atoms with Crippen molar-refractivity contribution >= 4 is 0 Å². The Bertz CT molecular complexity index is 295. The Kier molecular flexibility index (Phi) is 10.5. The lowest BCUT2D eigenvalue weighted by atomic mass is 10.1. The van der Waals surface area contributed by atoms with Crippen LogP contribution >= 0.6 is 0 Å². The highest BCUT2D eigenvalue weighted by Gasteiger charge is 2.31. The van der Waals surface area contributed by atoms with E-state index < -0.39 is 0 Å². The van der Waals surface area contributed by atoms with Gasteiger partial charge in [0, 0.05) is 19.6 Å². The molecule has 22 heavy (non-hydrogen) atoms. The van der Waals surface area contributed by atoms with Gasteiger partial charge in [0.05, 0.1) is 5.76 Å². The van der Waals surface area contributed by atoms with E-state index in [9.17, 15) is 0 Å². The second-order valence-electron chi connectivity index (χ2n) is 6.58. The molecule has 1 fully saturated rings. The summed E-state index contributed by atoms with van der Waals surface area (Å²) < 4.78 is 11.8. The zero-order valence-electron chi connectivity index (χ0n) is 14.9. The molecule has 1 N–H and O–H groups in total. The minimum Gasteiger partial charge on any atom is -0.491 e. The maximum absolute atomic E-state index is 6.03. The molecular formula is C18H36N2O2. The van der Waals surface area contributed by atoms with Gasteiger partial charge in [-0.1, -0.05) is 39.2 Å². The van der Waals surface area contributed by atoms with Gasteiger partial charge in [-0.2, -0.15) is 0 Å². The molecular weight excluding hydrogens is 276 g/mol. The highest BCUT2D eigenvalue weighted by atomic mass is 16.6. The van der Waals surface area contributed by atoms with E-state index in [1.54, 1.807) is 0 Å². The Hall–Kier alpha value is -0.580. The summed E-state index contributed by atoms with van der Waals surface area (Å²) >= 11 is 0. The summed E-state index contributed by atoms with van der Waals surface area (Å²) in [7, 11) is 4.21. The van der Waals surface area contributed by atoms with E-state index in [4.69, 9.17) is 9.47 Å². The maximum atomic E-state index is 6.03. The van der Waals surface area contributed by atoms with E-state index in [-0.39, 0.29) is 12.2 Å². The van der Waals surface area contributed by atoms with Gasteiger partial charge in [-0.15, -0.1) is 0 Å². The topological polar surface area (TPSA) is 33.7 Å². The number of unbranched alkanes of at least 4 members (excludes halogenated alkanes) is 4. The van der Waals surface area contributed by atoms with Gasteiger partial charge in [0.1, 0.15) is 12.2 Å². The fourth-order valence-corrected chi connectivity index (χ4v) is 2.74. The Morgan fingerprint density at radius 1 is 1.23 bits per heavy atom. The van der Waals surface area contributed by atoms with E-state index in [1.807, 2.05) is 0 Å². The Labute approximate surface area is 137 Å². The van der Waals surface area contributed by atoms with Crippen LogP contribution in [0.15, 0.2) is 12.3 Å². The summed E-state index contributed by atoms with van der Waals surface area (Å²) in [6, 6.07) is 0. The summed E-state index contributed by atoms with van der Waals surface area (Å²) in [5.74, 6) is 0.871. The lowest BCUT2D eigenvalue weighted by Crippen LogP contribution is -2.36. The standard InChI is InChI=1S/C18H36N2O2/c1-5-6-7-8-9-13-21-17-14-16(2)22-18(17)15-19-11-10-12-20(3)4/h17-19H,2,5-15H2,1,3-4H3/t17-,18-/m1/s1. The molecule has 0 aromatic rings. The molecule has 0 amide bonds. The highest BCUT2D eigenvalue weighted by Crippen LogP contribution is 2.25. The van der Waals surface area contributed by atoms with Crippen LogP contribution in [0.1, 0.15) is 51.9 Å². The number of hydrogen-bond donors (Lipinski definition) is 1. The average molecular weight is 312 g/mol. The van der Waals surface area contributed by atoms with Crippen molar-refractivity contribution in [1.82, 2.24) is 10.2 Å². The van der Waals surface area contributed by atoms with Crippen LogP contribution in [0.2, 0.25) is 0 Å². The van der Waals surface area contributed by atoms with Crippen LogP contribution in [0.3, 0.4) is 0 Å². The van der Waals surface area contributed by atoms with Crippen LogP contribution in [0.4, 0.5) is 0 Å². The van der Waals surface area contributed by atoms with E-state index in [1.165, 1.54) is 25.7 Å². The quantitative estimate of drug-likeness (QED) is 0.530. The van der Waals surface area contributed by atoms with Crippen molar-refractivity contribution in [2.45, 2.75) is 64.1 Å². The van der Waals surface area contributed by atoms with Gasteiger partial charge in [0.25, 0.3) is 0 Å². The van der Waals surface area contributed by atoms with Gasteiger partial charge >= 0.3 is 0 Å². The van der Waals surface area contributed by atoms with Crippen molar-refractivity contribution in [2.75, 3.05) is 40.3 Å². The fraction of sp³-hybridized carbons (Fsp3) is 0.889. The Morgan fingerprint density at radius 3 is 2.73 bits per heavy atom. The molecule has 0 saturated carbocycles. The van der Waals surface area contributed by atoms with Crippen molar-refractivity contribution in [3.8, 4) is 0 Å². The first-order chi connectivity index (χ1) is 10.6. The van der Waals surface area contributed by atoms with Crippen LogP contribution in [-0.2, 0) is 9.47 Å². The predicted molar refractivity (Wildman–Crippen MR) is 93.2 cm³/mol. The highest BCUT2D eigenvalue weighted by molar-refractivity contribution is 4.98. The molecule has 1 rings (SSSR count). The van der Waals surface area contributed by atoms with Gasteiger partial charge in [-0.05, 0) is 40.0 Å². The number of ether oxygens (including phenoxy) is 2. The van der Waals surface area contributed by atoms with Crippen LogP contribution in [-0.4, -0.2) is 57.4 Å². The van der Waals surface area contributed by atoms with Crippen LogP contribution in [0, 0.1) is 0 Å². The number of rotatable bonds is 13. The largest absolute Gasteiger partial charge is 0.491 e. The molecule has 1 heterocycles. The minimum atomic E-state index is 0.127. The Balaban J connectivity index is 2.11. The van der Waals surface area contributed by atoms with Gasteiger partial charge < -0.3 is 19.7 Å². The Morgan fingerprint density at radius 2 is 2.00 bits per heavy atom. The zero-order valence-corrected chi connectivity index (χ0v) is 14.9. The maximum Gasteiger partial charge on any atom is 0.137 e. The average Bonchev–Trinajstić information content (AvgIpc) is 2.82. The smallest absolute Gasteiger partial charge is 0.137 e. The fourth-order valence-electron chi connectivity index (χ4n) is 2.74. The molecule has 0 spiro atoms. The molecule has 1 saturated heterocycles. The summed E-state index contributed by atoms with van der Waals surface area (Å²) in [4.78, 5) is 2.21. The second kappa shape index (κ2) is 11.9. The number of hydrogen-bond acceptors (Lipinski definition) is 4. The molecule has 0 aromatic carbocycles. The lowest BCUT2D eigenvalue weighted by molar-refractivity contribution is -0.00330. The van der Waals surface area contributed by atoms with Gasteiger partial charge in [0.15, 0.2) is 0 Å². The van der Waals surface area contributed by atoms with Crippen molar-refractivity contribution in [3.63, 3.8) is 0 Å². The van der Waals surface area contributed by atoms with Crippen molar-refractivity contribution in [3.05, 3.63) is 12.3 Å². The van der Waals surface area contributed by atoms with E-state index in [0.29, 0.717) is 0 Å². The normalized spacial score (nSPS) is 21.5. The van der Waals surface area contributed by atoms with Crippen molar-refractivity contribution < 1.29 is 9.47 Å². The molecule has 4 nitrogen and oxygen atoms in total. The summed E-state index contributed by atoms with van der Waals surface area (Å²) in [5.41, 5.74) is 0. The molecule has 0 bridgehead atoms. The predicted octanol–water partition coefficient (Wildman–Crippen LogP) is 3.19. The molecule has 2 atom stereocenters. The van der Waals surface area contributed by atoms with Crippen molar-refractivity contribution in [1.29, 1.82) is 0 Å². The third-order valence-corrected chi connectivity index (χ3v) is 4.05. The third-order valence-electron chi connectivity index (χ3n) is 4.05. The van der Waals surface area contributed by atoms with Crippen LogP contribution in [0.25, 0.3) is 0 Å². The lowest BCUT2D eigenvalue weighted by Gasteiger charge is -2.19. The number of nitrogens with zero attached hydrogens (tertiary/aromatic N) is 1. The minimum absolute atomic E-state index is 0.127. The third kappa shape index (κ3) is 8.76. The molecule has 130 valence electrons. The molecule has 0 aromatic heterocycles. The molecule has 0 aliphatic carbocycles. The summed E-state index contributed by atoms with van der Waals surface area (Å²) in [5, 5.41) is 3.48. The summed E-state index contributed by atoms with van der Waals surface area (Å²) in [6.07, 6.45) is 8.69. The van der Waals surface area contributed by atoms with Crippen molar-refractivity contribution in [2.24, 2.45) is 0 Å². The monoisotopic (exact) mass is 312 g/mol. The number of nitrogens with one attached hydrogen (secondary N) is 1. The summed E-state index contributed by atoms with van der Waals surface area (Å²) in [6.45, 7) is 10.0. The second-order valence-corrected chi connectivity index (χ2v) is 6.58. The first-order valence-electron chi connectivity index (χ1n) is 8.95. The SMILES string of the molecule is C=C1C[C@@H](OCCCCCCC)[C@@H](CNCCCN(C)C)O1. The van der Waals surface area contributed by atoms with Gasteiger partial charge in [-0.3, -0.25) is 0 Å². The van der Waals surface area contributed by atoms with E-state index in [0.717, 1.165) is 51.3 Å². The molecule has 0 radical (unpaired) electrons. The van der Waals surface area contributed by atoms with E-state index in [2.05, 4.69) is 37.8 Å². The van der Waals surface area contributed by atoms with Gasteiger partial charge in [-0.25, -0.2) is 0 Å².